The van der Waals surface area contributed by atoms with Gasteiger partial charge in [0, 0.05) is 21.1 Å². The van der Waals surface area contributed by atoms with E-state index in [-0.39, 0.29) is 11.9 Å². The van der Waals surface area contributed by atoms with Crippen LogP contribution in [-0.4, -0.2) is 14.2 Å². The molecule has 0 aromatic heterocycles. The summed E-state index contributed by atoms with van der Waals surface area (Å²) in [4.78, 5) is 0. The summed E-state index contributed by atoms with van der Waals surface area (Å²) in [6.45, 7) is 0. The monoisotopic (exact) mass is 371 g/mol. The number of ether oxygens (including phenoxy) is 1. The van der Waals surface area contributed by atoms with Gasteiger partial charge >= 0.3 is 0 Å². The van der Waals surface area contributed by atoms with Crippen molar-refractivity contribution in [3.63, 3.8) is 0 Å². The molecule has 21 heavy (non-hydrogen) atoms. The predicted molar refractivity (Wildman–Crippen MR) is 87.6 cm³/mol. The van der Waals surface area contributed by atoms with E-state index in [9.17, 15) is 4.39 Å². The number of hydrogen-bond donors (Lipinski definition) is 1. The van der Waals surface area contributed by atoms with Crippen molar-refractivity contribution >= 4 is 27.5 Å². The molecule has 2 rings (SSSR count). The number of rotatable bonds is 5. The zero-order valence-corrected chi connectivity index (χ0v) is 14.1. The van der Waals surface area contributed by atoms with E-state index < -0.39 is 0 Å². The Morgan fingerprint density at radius 1 is 1.29 bits per heavy atom. The molecule has 0 aliphatic rings. The summed E-state index contributed by atoms with van der Waals surface area (Å²) in [7, 11) is 3.48. The van der Waals surface area contributed by atoms with Crippen LogP contribution in [0.4, 0.5) is 4.39 Å². The molecule has 0 heterocycles. The first kappa shape index (κ1) is 16.3. The van der Waals surface area contributed by atoms with Crippen LogP contribution in [0.1, 0.15) is 17.2 Å². The van der Waals surface area contributed by atoms with Crippen molar-refractivity contribution in [3.05, 3.63) is 62.8 Å². The van der Waals surface area contributed by atoms with Crippen LogP contribution in [0.3, 0.4) is 0 Å². The second-order valence-corrected chi connectivity index (χ2v) is 6.06. The van der Waals surface area contributed by atoms with E-state index in [4.69, 9.17) is 16.3 Å². The molecule has 1 N–H and O–H groups in total. The molecule has 5 heteroatoms. The summed E-state index contributed by atoms with van der Waals surface area (Å²) < 4.78 is 19.6. The summed E-state index contributed by atoms with van der Waals surface area (Å²) in [5.41, 5.74) is 1.84. The van der Waals surface area contributed by atoms with Crippen LogP contribution in [0.2, 0.25) is 5.02 Å². The van der Waals surface area contributed by atoms with Crippen LogP contribution in [0, 0.1) is 5.82 Å². The quantitative estimate of drug-likeness (QED) is 0.817. The lowest BCUT2D eigenvalue weighted by atomic mass is 9.98. The molecule has 2 aromatic carbocycles. The van der Waals surface area contributed by atoms with Gasteiger partial charge in [0.15, 0.2) is 0 Å². The molecular formula is C16H16BrClFNO. The van der Waals surface area contributed by atoms with Crippen LogP contribution in [-0.2, 0) is 6.42 Å². The smallest absolute Gasteiger partial charge is 0.124 e. The van der Waals surface area contributed by atoms with Crippen LogP contribution in [0.15, 0.2) is 40.9 Å². The molecule has 2 aromatic rings. The fraction of sp³-hybridized carbons (Fsp3) is 0.250. The van der Waals surface area contributed by atoms with Crippen molar-refractivity contribution in [2.75, 3.05) is 14.2 Å². The lowest BCUT2D eigenvalue weighted by molar-refractivity contribution is 0.401. The Morgan fingerprint density at radius 2 is 2.05 bits per heavy atom. The minimum absolute atomic E-state index is 0.0210. The minimum atomic E-state index is -0.257. The van der Waals surface area contributed by atoms with Crippen LogP contribution in [0.25, 0.3) is 0 Å². The largest absolute Gasteiger partial charge is 0.496 e. The highest BCUT2D eigenvalue weighted by Crippen LogP contribution is 2.30. The van der Waals surface area contributed by atoms with Gasteiger partial charge in [-0.05, 0) is 55.4 Å². The van der Waals surface area contributed by atoms with E-state index in [1.54, 1.807) is 13.2 Å². The average molecular weight is 373 g/mol. The summed E-state index contributed by atoms with van der Waals surface area (Å²) in [5.74, 6) is 0.501. The van der Waals surface area contributed by atoms with E-state index >= 15 is 0 Å². The van der Waals surface area contributed by atoms with Gasteiger partial charge in [-0.1, -0.05) is 27.5 Å². The number of benzene rings is 2. The highest BCUT2D eigenvalue weighted by atomic mass is 79.9. The second kappa shape index (κ2) is 7.25. The van der Waals surface area contributed by atoms with Gasteiger partial charge in [-0.25, -0.2) is 4.39 Å². The topological polar surface area (TPSA) is 21.3 Å². The third-order valence-electron chi connectivity index (χ3n) is 3.28. The molecule has 0 fully saturated rings. The number of methoxy groups -OCH3 is 1. The first-order valence-electron chi connectivity index (χ1n) is 6.49. The zero-order valence-electron chi connectivity index (χ0n) is 11.8. The van der Waals surface area contributed by atoms with Crippen molar-refractivity contribution in [1.82, 2.24) is 5.32 Å². The van der Waals surface area contributed by atoms with Crippen molar-refractivity contribution in [2.45, 2.75) is 12.5 Å². The molecule has 1 atom stereocenters. The molecule has 0 saturated heterocycles. The Bertz CT molecular complexity index is 615. The molecule has 0 radical (unpaired) electrons. The highest BCUT2D eigenvalue weighted by molar-refractivity contribution is 9.10. The Labute approximate surface area is 137 Å². The molecule has 112 valence electrons. The fourth-order valence-corrected chi connectivity index (χ4v) is 3.00. The fourth-order valence-electron chi connectivity index (χ4n) is 2.31. The van der Waals surface area contributed by atoms with Gasteiger partial charge in [-0.2, -0.15) is 0 Å². The Balaban J connectivity index is 2.33. The lowest BCUT2D eigenvalue weighted by Crippen LogP contribution is -2.19. The Kier molecular flexibility index (Phi) is 5.62. The minimum Gasteiger partial charge on any atom is -0.496 e. The molecule has 2 nitrogen and oxygen atoms in total. The van der Waals surface area contributed by atoms with E-state index in [0.29, 0.717) is 11.4 Å². The van der Waals surface area contributed by atoms with Crippen LogP contribution >= 0.6 is 27.5 Å². The van der Waals surface area contributed by atoms with Crippen LogP contribution in [0.5, 0.6) is 5.75 Å². The SMILES string of the molecule is CNC(Cc1cc(F)cc(Br)c1)c1cc(Cl)ccc1OC. The van der Waals surface area contributed by atoms with Crippen molar-refractivity contribution in [1.29, 1.82) is 0 Å². The van der Waals surface area contributed by atoms with E-state index in [2.05, 4.69) is 21.2 Å². The molecular weight excluding hydrogens is 357 g/mol. The number of halogens is 3. The third-order valence-corrected chi connectivity index (χ3v) is 3.97. The molecule has 0 bridgehead atoms. The maximum absolute atomic E-state index is 13.5. The van der Waals surface area contributed by atoms with Gasteiger partial charge in [0.2, 0.25) is 0 Å². The Morgan fingerprint density at radius 3 is 2.67 bits per heavy atom. The van der Waals surface area contributed by atoms with Gasteiger partial charge in [0.05, 0.1) is 7.11 Å². The summed E-state index contributed by atoms with van der Waals surface area (Å²) in [5, 5.41) is 3.88. The molecule has 0 spiro atoms. The van der Waals surface area contributed by atoms with Gasteiger partial charge in [-0.3, -0.25) is 0 Å². The van der Waals surface area contributed by atoms with Crippen molar-refractivity contribution in [3.8, 4) is 5.75 Å². The van der Waals surface area contributed by atoms with E-state index in [1.165, 1.54) is 12.1 Å². The maximum atomic E-state index is 13.5. The van der Waals surface area contributed by atoms with Gasteiger partial charge in [0.1, 0.15) is 11.6 Å². The first-order chi connectivity index (χ1) is 10.0. The first-order valence-corrected chi connectivity index (χ1v) is 7.66. The molecule has 0 aliphatic heterocycles. The number of likely N-dealkylation sites (N-methyl/N-ethyl adjacent to an activating group) is 1. The number of nitrogens with one attached hydrogen (secondary N) is 1. The normalized spacial score (nSPS) is 12.2. The van der Waals surface area contributed by atoms with Gasteiger partial charge in [0.25, 0.3) is 0 Å². The summed E-state index contributed by atoms with van der Waals surface area (Å²) >= 11 is 9.39. The molecule has 0 amide bonds. The van der Waals surface area contributed by atoms with Gasteiger partial charge < -0.3 is 10.1 Å². The van der Waals surface area contributed by atoms with E-state index in [0.717, 1.165) is 21.3 Å². The zero-order chi connectivity index (χ0) is 15.4. The third kappa shape index (κ3) is 4.19. The number of hydrogen-bond acceptors (Lipinski definition) is 2. The molecule has 1 unspecified atom stereocenters. The standard InChI is InChI=1S/C16H16BrClFNO/c1-20-15(7-10-5-11(17)8-13(19)6-10)14-9-12(18)3-4-16(14)21-2/h3-6,8-9,15,20H,7H2,1-2H3. The van der Waals surface area contributed by atoms with E-state index in [1.807, 2.05) is 25.2 Å². The highest BCUT2D eigenvalue weighted by Gasteiger charge is 2.16. The summed E-state index contributed by atoms with van der Waals surface area (Å²) in [6.07, 6.45) is 0.629. The summed E-state index contributed by atoms with van der Waals surface area (Å²) in [6, 6.07) is 10.4. The lowest BCUT2D eigenvalue weighted by Gasteiger charge is -2.20. The molecule has 0 aliphatic carbocycles. The Hall–Kier alpha value is -1.10. The average Bonchev–Trinajstić information content (AvgIpc) is 2.43. The van der Waals surface area contributed by atoms with Crippen molar-refractivity contribution in [2.24, 2.45) is 0 Å². The van der Waals surface area contributed by atoms with Crippen LogP contribution < -0.4 is 10.1 Å². The van der Waals surface area contributed by atoms with Crippen molar-refractivity contribution < 1.29 is 9.13 Å². The van der Waals surface area contributed by atoms with Gasteiger partial charge in [-0.15, -0.1) is 0 Å². The molecule has 0 saturated carbocycles. The maximum Gasteiger partial charge on any atom is 0.124 e. The predicted octanol–water partition coefficient (Wildman–Crippen LogP) is 4.75. The second-order valence-electron chi connectivity index (χ2n) is 4.71.